The van der Waals surface area contributed by atoms with E-state index in [2.05, 4.69) is 0 Å². The van der Waals surface area contributed by atoms with Gasteiger partial charge in [-0.15, -0.1) is 0 Å². The summed E-state index contributed by atoms with van der Waals surface area (Å²) in [5, 5.41) is 26.8. The smallest absolute Gasteiger partial charge is 0.207 e. The Labute approximate surface area is 100 Å². The molecule has 0 aromatic carbocycles. The maximum Gasteiger partial charge on any atom is 0.255 e. The molecule has 0 bridgehead atoms. The first-order valence-corrected chi connectivity index (χ1v) is 5.33. The molecule has 0 saturated carbocycles. The van der Waals surface area contributed by atoms with Crippen LogP contribution in [0.5, 0.6) is 0 Å². The summed E-state index contributed by atoms with van der Waals surface area (Å²) in [7, 11) is 0. The minimum atomic E-state index is -2.03. The summed E-state index contributed by atoms with van der Waals surface area (Å²) in [4.78, 5) is 0. The zero-order valence-electron chi connectivity index (χ0n) is 9.74. The number of rotatable bonds is 2. The molecule has 1 aliphatic rings. The Hall–Kier alpha value is -2.12. The van der Waals surface area contributed by atoms with E-state index >= 15 is 0 Å². The van der Waals surface area contributed by atoms with Gasteiger partial charge in [-0.2, -0.15) is 15.8 Å². The lowest BCUT2D eigenvalue weighted by molar-refractivity contribution is 0.446. The first kappa shape index (κ1) is 12.9. The topological polar surface area (TPSA) is 71.4 Å². The third kappa shape index (κ3) is 2.19. The fraction of sp³-hybridized carbons (Fsp3) is 0.462. The van der Waals surface area contributed by atoms with Gasteiger partial charge in [0.1, 0.15) is 24.0 Å². The van der Waals surface area contributed by atoms with E-state index in [9.17, 15) is 4.39 Å². The number of hydrogen-bond donors (Lipinski definition) is 0. The summed E-state index contributed by atoms with van der Waals surface area (Å²) in [5.74, 6) is -0.311. The van der Waals surface area contributed by atoms with Crippen LogP contribution >= 0.6 is 0 Å². The Morgan fingerprint density at radius 1 is 1.29 bits per heavy atom. The van der Waals surface area contributed by atoms with E-state index < -0.39 is 11.2 Å². The molecule has 0 spiro atoms. The van der Waals surface area contributed by atoms with E-state index in [1.165, 1.54) is 6.08 Å². The van der Waals surface area contributed by atoms with Gasteiger partial charge < -0.3 is 0 Å². The van der Waals surface area contributed by atoms with E-state index in [4.69, 9.17) is 15.8 Å². The van der Waals surface area contributed by atoms with Crippen molar-refractivity contribution < 1.29 is 4.39 Å². The van der Waals surface area contributed by atoms with Gasteiger partial charge in [0.2, 0.25) is 0 Å². The first-order chi connectivity index (χ1) is 8.00. The fourth-order valence-electron chi connectivity index (χ4n) is 1.74. The molecule has 0 fully saturated rings. The molecule has 86 valence electrons. The molecule has 1 rings (SSSR count). The van der Waals surface area contributed by atoms with Crippen molar-refractivity contribution in [2.45, 2.75) is 20.3 Å². The minimum Gasteiger partial charge on any atom is -0.207 e. The molecule has 0 amide bonds. The van der Waals surface area contributed by atoms with E-state index in [0.717, 1.165) is 0 Å². The summed E-state index contributed by atoms with van der Waals surface area (Å²) in [6.07, 6.45) is 3.43. The average Bonchev–Trinajstić information content (AvgIpc) is 2.33. The highest BCUT2D eigenvalue weighted by Crippen LogP contribution is 2.38. The molecular formula is C13H12FN3. The van der Waals surface area contributed by atoms with Crippen molar-refractivity contribution in [1.82, 2.24) is 0 Å². The normalized spacial score (nSPS) is 19.7. The van der Waals surface area contributed by atoms with Gasteiger partial charge in [0.05, 0.1) is 0 Å². The van der Waals surface area contributed by atoms with Crippen molar-refractivity contribution in [3.8, 4) is 18.2 Å². The van der Waals surface area contributed by atoms with Crippen LogP contribution in [0.1, 0.15) is 20.3 Å². The van der Waals surface area contributed by atoms with E-state index in [-0.39, 0.29) is 17.4 Å². The predicted octanol–water partition coefficient (Wildman–Crippen LogP) is 3.00. The lowest BCUT2D eigenvalue weighted by Gasteiger charge is -2.24. The third-order valence-electron chi connectivity index (χ3n) is 2.97. The van der Waals surface area contributed by atoms with Crippen LogP contribution in [0.2, 0.25) is 0 Å². The molecule has 0 saturated heterocycles. The van der Waals surface area contributed by atoms with Crippen LogP contribution in [0.3, 0.4) is 0 Å². The molecule has 0 N–H and O–H groups in total. The quantitative estimate of drug-likeness (QED) is 0.730. The van der Waals surface area contributed by atoms with Gasteiger partial charge >= 0.3 is 0 Å². The monoisotopic (exact) mass is 229 g/mol. The van der Waals surface area contributed by atoms with E-state index in [0.29, 0.717) is 6.42 Å². The van der Waals surface area contributed by atoms with Crippen LogP contribution in [0.4, 0.5) is 4.39 Å². The standard InChI is InChI=1S/C13H12FN3/c1-9(2)10-3-4-12(14)11(5-10)13(6-15,7-16)8-17/h4-5,9-10H,3H2,1-2H3. The lowest BCUT2D eigenvalue weighted by atomic mass is 9.76. The molecule has 3 nitrogen and oxygen atoms in total. The second kappa shape index (κ2) is 4.81. The molecule has 0 radical (unpaired) electrons. The molecule has 0 heterocycles. The molecule has 0 aromatic heterocycles. The molecule has 1 unspecified atom stereocenters. The van der Waals surface area contributed by atoms with Gasteiger partial charge in [-0.3, -0.25) is 0 Å². The molecule has 0 aromatic rings. The number of nitriles is 3. The van der Waals surface area contributed by atoms with E-state index in [1.807, 2.05) is 13.8 Å². The molecule has 0 aliphatic heterocycles. The van der Waals surface area contributed by atoms with Crippen LogP contribution in [0.25, 0.3) is 0 Å². The van der Waals surface area contributed by atoms with Gasteiger partial charge in [0, 0.05) is 5.57 Å². The van der Waals surface area contributed by atoms with Gasteiger partial charge in [-0.25, -0.2) is 4.39 Å². The fourth-order valence-corrected chi connectivity index (χ4v) is 1.74. The minimum absolute atomic E-state index is 0.0546. The Morgan fingerprint density at radius 3 is 2.24 bits per heavy atom. The summed E-state index contributed by atoms with van der Waals surface area (Å²) in [6, 6.07) is 4.81. The first-order valence-electron chi connectivity index (χ1n) is 5.33. The predicted molar refractivity (Wildman–Crippen MR) is 59.5 cm³/mol. The summed E-state index contributed by atoms with van der Waals surface area (Å²) >= 11 is 0. The van der Waals surface area contributed by atoms with Crippen LogP contribution in [0.15, 0.2) is 23.6 Å². The number of nitrogens with zero attached hydrogens (tertiary/aromatic N) is 3. The maximum atomic E-state index is 13.7. The van der Waals surface area contributed by atoms with Crippen molar-refractivity contribution in [3.63, 3.8) is 0 Å². The van der Waals surface area contributed by atoms with Gasteiger partial charge in [0.25, 0.3) is 5.41 Å². The highest BCUT2D eigenvalue weighted by Gasteiger charge is 2.39. The van der Waals surface area contributed by atoms with E-state index in [1.54, 1.807) is 24.3 Å². The zero-order valence-corrected chi connectivity index (χ0v) is 9.74. The third-order valence-corrected chi connectivity index (χ3v) is 2.97. The van der Waals surface area contributed by atoms with Crippen LogP contribution in [0, 0.1) is 51.2 Å². The second-order valence-corrected chi connectivity index (χ2v) is 4.36. The molecule has 4 heteroatoms. The lowest BCUT2D eigenvalue weighted by Crippen LogP contribution is -2.21. The summed E-state index contributed by atoms with van der Waals surface area (Å²) in [5.41, 5.74) is -2.14. The number of halogens is 1. The Kier molecular flexibility index (Phi) is 3.66. The molecule has 1 aliphatic carbocycles. The van der Waals surface area contributed by atoms with Gasteiger partial charge in [0.15, 0.2) is 0 Å². The van der Waals surface area contributed by atoms with Crippen LogP contribution in [-0.4, -0.2) is 0 Å². The molecule has 1 atom stereocenters. The summed E-state index contributed by atoms with van der Waals surface area (Å²) < 4.78 is 13.7. The summed E-state index contributed by atoms with van der Waals surface area (Å²) in [6.45, 7) is 3.95. The second-order valence-electron chi connectivity index (χ2n) is 4.36. The Balaban J connectivity index is 3.29. The number of allylic oxidation sites excluding steroid dienone is 4. The van der Waals surface area contributed by atoms with Crippen molar-refractivity contribution >= 4 is 0 Å². The van der Waals surface area contributed by atoms with Crippen LogP contribution < -0.4 is 0 Å². The maximum absolute atomic E-state index is 13.7. The highest BCUT2D eigenvalue weighted by atomic mass is 19.1. The SMILES string of the molecule is CC(C)C1C=C(C(C#N)(C#N)C#N)C(F)=CC1. The largest absolute Gasteiger partial charge is 0.255 e. The van der Waals surface area contributed by atoms with Crippen molar-refractivity contribution in [2.24, 2.45) is 17.3 Å². The Morgan fingerprint density at radius 2 is 1.82 bits per heavy atom. The number of hydrogen-bond acceptors (Lipinski definition) is 3. The highest BCUT2D eigenvalue weighted by molar-refractivity contribution is 5.50. The Bertz CT molecular complexity index is 458. The van der Waals surface area contributed by atoms with Crippen molar-refractivity contribution in [1.29, 1.82) is 15.8 Å². The molecular weight excluding hydrogens is 217 g/mol. The molecule has 17 heavy (non-hydrogen) atoms. The van der Waals surface area contributed by atoms with Crippen LogP contribution in [-0.2, 0) is 0 Å². The zero-order chi connectivity index (χ0) is 13.1. The van der Waals surface area contributed by atoms with Crippen molar-refractivity contribution in [3.05, 3.63) is 23.6 Å². The average molecular weight is 229 g/mol. The van der Waals surface area contributed by atoms with Gasteiger partial charge in [-0.1, -0.05) is 19.9 Å². The van der Waals surface area contributed by atoms with Crippen molar-refractivity contribution in [2.75, 3.05) is 0 Å². The van der Waals surface area contributed by atoms with Gasteiger partial charge in [-0.05, 0) is 24.3 Å².